The number of anilines is 2. The van der Waals surface area contributed by atoms with Crippen LogP contribution in [0.15, 0.2) is 53.8 Å². The lowest BCUT2D eigenvalue weighted by Gasteiger charge is -2.39. The highest BCUT2D eigenvalue weighted by molar-refractivity contribution is 8.00. The number of piperazine rings is 1. The third-order valence-electron chi connectivity index (χ3n) is 5.69. The molecule has 4 rings (SSSR count). The van der Waals surface area contributed by atoms with Crippen molar-refractivity contribution in [1.82, 2.24) is 25.6 Å². The molecule has 5 N–H and O–H groups in total. The number of thioether (sulfide) groups is 1. The second-order valence-corrected chi connectivity index (χ2v) is 9.54. The third kappa shape index (κ3) is 5.02. The van der Waals surface area contributed by atoms with Gasteiger partial charge in [-0.3, -0.25) is 9.78 Å². The minimum absolute atomic E-state index is 0.0713. The first kappa shape index (κ1) is 23.6. The number of nitrogens with one attached hydrogen (secondary N) is 3. The van der Waals surface area contributed by atoms with Crippen LogP contribution < -0.4 is 21.7 Å². The summed E-state index contributed by atoms with van der Waals surface area (Å²) in [6.45, 7) is 6.08. The van der Waals surface area contributed by atoms with Crippen LogP contribution in [0.3, 0.4) is 0 Å². The molecule has 0 radical (unpaired) electrons. The number of nitrogens with zero attached hydrogens (tertiary/aromatic N) is 4. The van der Waals surface area contributed by atoms with Crippen LogP contribution >= 0.6 is 11.8 Å². The second kappa shape index (κ2) is 10.2. The Morgan fingerprint density at radius 2 is 2.03 bits per heavy atom. The normalized spacial score (nSPS) is 17.4. The minimum Gasteiger partial charge on any atom is -0.382 e. The molecule has 0 bridgehead atoms. The van der Waals surface area contributed by atoms with E-state index in [-0.39, 0.29) is 23.3 Å². The Balaban J connectivity index is 1.74. The van der Waals surface area contributed by atoms with Gasteiger partial charge in [0.05, 0.1) is 16.1 Å². The molecule has 2 unspecified atom stereocenters. The SMILES string of the molecule is CC(=O)Nc1ccc(-c2nc(SC(C)(c3ccccn3)C3CNCCN3)nc(N)c2C#N)cc1. The first-order valence-electron chi connectivity index (χ1n) is 10.9. The number of pyridine rings is 1. The van der Waals surface area contributed by atoms with Gasteiger partial charge in [-0.2, -0.15) is 5.26 Å². The van der Waals surface area contributed by atoms with E-state index in [1.165, 1.54) is 18.7 Å². The summed E-state index contributed by atoms with van der Waals surface area (Å²) in [6, 6.07) is 15.2. The Kier molecular flexibility index (Phi) is 7.07. The van der Waals surface area contributed by atoms with Crippen molar-refractivity contribution >= 4 is 29.2 Å². The fourth-order valence-electron chi connectivity index (χ4n) is 3.93. The van der Waals surface area contributed by atoms with Crippen LogP contribution in [0.2, 0.25) is 0 Å². The molecule has 0 spiro atoms. The Labute approximate surface area is 202 Å². The van der Waals surface area contributed by atoms with E-state index in [1.54, 1.807) is 30.5 Å². The summed E-state index contributed by atoms with van der Waals surface area (Å²) in [6.07, 6.45) is 1.78. The van der Waals surface area contributed by atoms with Gasteiger partial charge in [0.2, 0.25) is 5.91 Å². The van der Waals surface area contributed by atoms with Gasteiger partial charge in [-0.15, -0.1) is 0 Å². The smallest absolute Gasteiger partial charge is 0.221 e. The largest absolute Gasteiger partial charge is 0.382 e. The van der Waals surface area contributed by atoms with Gasteiger partial charge in [0.25, 0.3) is 0 Å². The summed E-state index contributed by atoms with van der Waals surface area (Å²) < 4.78 is -0.498. The molecular formula is C24H26N8OS. The van der Waals surface area contributed by atoms with Crippen LogP contribution in [0, 0.1) is 11.3 Å². The molecule has 0 aliphatic carbocycles. The van der Waals surface area contributed by atoms with Gasteiger partial charge in [-0.05, 0) is 31.2 Å². The van der Waals surface area contributed by atoms with E-state index in [0.717, 1.165) is 25.3 Å². The predicted molar refractivity (Wildman–Crippen MR) is 133 cm³/mol. The van der Waals surface area contributed by atoms with Crippen molar-refractivity contribution in [2.24, 2.45) is 0 Å². The number of nitrogens with two attached hydrogens (primary N) is 1. The van der Waals surface area contributed by atoms with Crippen molar-refractivity contribution in [2.45, 2.75) is 29.8 Å². The van der Waals surface area contributed by atoms with Crippen LogP contribution in [0.1, 0.15) is 25.1 Å². The van der Waals surface area contributed by atoms with Crippen LogP contribution in [-0.2, 0) is 9.54 Å². The van der Waals surface area contributed by atoms with E-state index < -0.39 is 4.75 Å². The van der Waals surface area contributed by atoms with E-state index >= 15 is 0 Å². The van der Waals surface area contributed by atoms with Gasteiger partial charge in [-0.25, -0.2) is 9.97 Å². The molecule has 1 amide bonds. The number of amides is 1. The number of nitriles is 1. The highest BCUT2D eigenvalue weighted by Crippen LogP contribution is 2.43. The molecule has 1 aliphatic heterocycles. The molecule has 2 atom stereocenters. The fourth-order valence-corrected chi connectivity index (χ4v) is 5.12. The van der Waals surface area contributed by atoms with Gasteiger partial charge < -0.3 is 21.7 Å². The number of hydrogen-bond acceptors (Lipinski definition) is 9. The molecule has 34 heavy (non-hydrogen) atoms. The van der Waals surface area contributed by atoms with Crippen LogP contribution in [-0.4, -0.2) is 46.5 Å². The lowest BCUT2D eigenvalue weighted by atomic mass is 9.95. The third-order valence-corrected chi connectivity index (χ3v) is 6.97. The van der Waals surface area contributed by atoms with Crippen molar-refractivity contribution in [3.05, 3.63) is 59.9 Å². The Morgan fingerprint density at radius 3 is 2.65 bits per heavy atom. The molecule has 3 heterocycles. The molecule has 9 nitrogen and oxygen atoms in total. The zero-order chi connectivity index (χ0) is 24.1. The summed E-state index contributed by atoms with van der Waals surface area (Å²) in [5, 5.41) is 20.0. The number of aromatic nitrogens is 3. The quantitative estimate of drug-likeness (QED) is 0.313. The number of hydrogen-bond donors (Lipinski definition) is 4. The number of benzene rings is 1. The summed E-state index contributed by atoms with van der Waals surface area (Å²) in [4.78, 5) is 25.2. The zero-order valence-corrected chi connectivity index (χ0v) is 19.8. The van der Waals surface area contributed by atoms with E-state index in [0.29, 0.717) is 22.1 Å². The molecule has 1 saturated heterocycles. The molecule has 0 saturated carbocycles. The number of carbonyl (C=O) groups is 1. The zero-order valence-electron chi connectivity index (χ0n) is 19.0. The first-order chi connectivity index (χ1) is 16.4. The molecule has 1 aromatic carbocycles. The Bertz CT molecular complexity index is 1210. The minimum atomic E-state index is -0.498. The van der Waals surface area contributed by atoms with E-state index in [9.17, 15) is 10.1 Å². The molecule has 2 aromatic heterocycles. The van der Waals surface area contributed by atoms with Crippen LogP contribution in [0.25, 0.3) is 11.3 Å². The highest BCUT2D eigenvalue weighted by Gasteiger charge is 2.40. The maximum absolute atomic E-state index is 11.3. The van der Waals surface area contributed by atoms with Crippen LogP contribution in [0.5, 0.6) is 0 Å². The van der Waals surface area contributed by atoms with Crippen molar-refractivity contribution in [3.63, 3.8) is 0 Å². The molecule has 10 heteroatoms. The van der Waals surface area contributed by atoms with E-state index in [1.807, 2.05) is 18.2 Å². The molecule has 3 aromatic rings. The van der Waals surface area contributed by atoms with Crippen molar-refractivity contribution in [2.75, 3.05) is 30.7 Å². The van der Waals surface area contributed by atoms with Crippen LogP contribution in [0.4, 0.5) is 11.5 Å². The summed E-state index contributed by atoms with van der Waals surface area (Å²) >= 11 is 1.47. The van der Waals surface area contributed by atoms with Gasteiger partial charge in [0.15, 0.2) is 5.16 Å². The fraction of sp³-hybridized carbons (Fsp3) is 0.292. The van der Waals surface area contributed by atoms with E-state index in [4.69, 9.17) is 10.7 Å². The Morgan fingerprint density at radius 1 is 1.24 bits per heavy atom. The predicted octanol–water partition coefficient (Wildman–Crippen LogP) is 2.52. The maximum Gasteiger partial charge on any atom is 0.221 e. The van der Waals surface area contributed by atoms with Crippen molar-refractivity contribution in [1.29, 1.82) is 5.26 Å². The number of rotatable bonds is 6. The van der Waals surface area contributed by atoms with E-state index in [2.05, 4.69) is 38.9 Å². The monoisotopic (exact) mass is 474 g/mol. The van der Waals surface area contributed by atoms with Gasteiger partial charge >= 0.3 is 0 Å². The average molecular weight is 475 g/mol. The standard InChI is InChI=1S/C24H26N8OS/c1-15(33)30-17-8-6-16(7-9-17)21-18(13-25)22(26)32-23(31-21)34-24(2,19-5-3-4-10-28-19)20-14-27-11-12-29-20/h3-10,20,27,29H,11-12,14H2,1-2H3,(H,30,33)(H2,26,31,32). The first-order valence-corrected chi connectivity index (χ1v) is 11.7. The molecule has 1 fully saturated rings. The van der Waals surface area contributed by atoms with Crippen molar-refractivity contribution < 1.29 is 4.79 Å². The van der Waals surface area contributed by atoms with Crippen molar-refractivity contribution in [3.8, 4) is 17.3 Å². The maximum atomic E-state index is 11.3. The summed E-state index contributed by atoms with van der Waals surface area (Å²) in [7, 11) is 0. The lowest BCUT2D eigenvalue weighted by molar-refractivity contribution is -0.114. The average Bonchev–Trinajstić information content (AvgIpc) is 2.85. The molecule has 1 aliphatic rings. The molecular weight excluding hydrogens is 448 g/mol. The van der Waals surface area contributed by atoms with Gasteiger partial charge in [0.1, 0.15) is 17.5 Å². The van der Waals surface area contributed by atoms with Gasteiger partial charge in [-0.1, -0.05) is 30.0 Å². The molecule has 174 valence electrons. The summed E-state index contributed by atoms with van der Waals surface area (Å²) in [5.74, 6) is -0.0333. The van der Waals surface area contributed by atoms with Gasteiger partial charge in [0, 0.05) is 50.0 Å². The Hall–Kier alpha value is -3.52. The number of carbonyl (C=O) groups excluding carboxylic acids is 1. The lowest BCUT2D eigenvalue weighted by Crippen LogP contribution is -2.56. The topological polar surface area (TPSA) is 142 Å². The highest BCUT2D eigenvalue weighted by atomic mass is 32.2. The number of nitrogen functional groups attached to an aromatic ring is 1. The summed E-state index contributed by atoms with van der Waals surface area (Å²) in [5.41, 5.74) is 9.14. The second-order valence-electron chi connectivity index (χ2n) is 8.12.